The van der Waals surface area contributed by atoms with E-state index in [9.17, 15) is 15.0 Å². The van der Waals surface area contributed by atoms with Crippen LogP contribution in [-0.2, 0) is 27.4 Å². The van der Waals surface area contributed by atoms with Crippen LogP contribution in [0.2, 0.25) is 0 Å². The Hall–Kier alpha value is -2.20. The molecule has 2 saturated heterocycles. The molecule has 0 unspecified atom stereocenters. The van der Waals surface area contributed by atoms with Crippen molar-refractivity contribution in [1.82, 2.24) is 10.2 Å². The van der Waals surface area contributed by atoms with Crippen LogP contribution < -0.4 is 5.32 Å². The number of halogens is 3. The third-order valence-electron chi connectivity index (χ3n) is 7.89. The molecule has 0 radical (unpaired) electrons. The maximum absolute atomic E-state index is 12.0. The Labute approximate surface area is 261 Å². The fourth-order valence-electron chi connectivity index (χ4n) is 5.65. The Kier molecular flexibility index (Phi) is 10.5. The molecule has 42 heavy (non-hydrogen) atoms. The van der Waals surface area contributed by atoms with Crippen LogP contribution >= 0.6 is 34.8 Å². The molecule has 10 heteroatoms. The number of aliphatic hydroxyl groups is 2. The molecular formula is C32H35Cl3N2O5. The van der Waals surface area contributed by atoms with Crippen molar-refractivity contribution in [2.75, 3.05) is 19.7 Å². The van der Waals surface area contributed by atoms with Gasteiger partial charge in [-0.2, -0.15) is 0 Å². The van der Waals surface area contributed by atoms with Gasteiger partial charge in [-0.1, -0.05) is 95.5 Å². The van der Waals surface area contributed by atoms with E-state index in [4.69, 9.17) is 44.3 Å². The van der Waals surface area contributed by atoms with Gasteiger partial charge in [0.05, 0.1) is 25.4 Å². The minimum Gasteiger partial charge on any atom is -0.395 e. The van der Waals surface area contributed by atoms with Crippen LogP contribution in [0.25, 0.3) is 11.1 Å². The summed E-state index contributed by atoms with van der Waals surface area (Å²) >= 11 is 17.0. The Balaban J connectivity index is 1.36. The Bertz CT molecular complexity index is 1350. The normalized spacial score (nSPS) is 23.2. The van der Waals surface area contributed by atoms with Crippen LogP contribution in [0.1, 0.15) is 53.9 Å². The van der Waals surface area contributed by atoms with Gasteiger partial charge in [0.1, 0.15) is 0 Å². The Morgan fingerprint density at radius 2 is 1.67 bits per heavy atom. The number of carbonyl (C=O) groups excluding carboxylic acids is 1. The standard InChI is InChI=1S/C32H35Cl3N2O5/c33-32(34,35)31(40)36-17-22-4-1-5-24(14-22)25-6-2-7-26(15-25)30-41-28(18-37-13-3-8-27(37)20-39)16-29(42-30)23-11-9-21(19-38)10-12-23/h1-2,4-7,9-12,14-15,27-30,38-39H,3,8,13,16-20H2,(H,36,40)/t27-,28-,29+,30+/m0/s1. The zero-order valence-electron chi connectivity index (χ0n) is 23.1. The molecule has 5 rings (SSSR count). The second-order valence-corrected chi connectivity index (χ2v) is 13.1. The van der Waals surface area contributed by atoms with Crippen LogP contribution in [0.5, 0.6) is 0 Å². The second-order valence-electron chi connectivity index (χ2n) is 10.8. The summed E-state index contributed by atoms with van der Waals surface area (Å²) in [5.74, 6) is -0.680. The minimum atomic E-state index is -2.02. The van der Waals surface area contributed by atoms with E-state index in [1.165, 1.54) is 0 Å². The SMILES string of the molecule is O=C(NCc1cccc(-c2cccc([C@@H]3O[C@H](CN4CCC[C@H]4CO)C[C@H](c4ccc(CO)cc4)O3)c2)c1)C(Cl)(Cl)Cl. The Morgan fingerprint density at radius 1 is 0.929 bits per heavy atom. The van der Waals surface area contributed by atoms with Gasteiger partial charge in [-0.25, -0.2) is 0 Å². The first kappa shape index (κ1) is 31.2. The van der Waals surface area contributed by atoms with Crippen molar-refractivity contribution in [2.45, 2.75) is 60.7 Å². The van der Waals surface area contributed by atoms with Gasteiger partial charge in [0, 0.05) is 31.1 Å². The molecule has 3 aromatic carbocycles. The lowest BCUT2D eigenvalue weighted by atomic mass is 9.98. The number of amides is 1. The van der Waals surface area contributed by atoms with Crippen LogP contribution in [0.3, 0.4) is 0 Å². The lowest BCUT2D eigenvalue weighted by Crippen LogP contribution is -2.42. The summed E-state index contributed by atoms with van der Waals surface area (Å²) in [6.07, 6.45) is 1.87. The van der Waals surface area contributed by atoms with Gasteiger partial charge >= 0.3 is 0 Å². The molecule has 0 aromatic heterocycles. The van der Waals surface area contributed by atoms with Crippen molar-refractivity contribution in [3.63, 3.8) is 0 Å². The number of hydrogen-bond donors (Lipinski definition) is 3. The molecule has 4 atom stereocenters. The van der Waals surface area contributed by atoms with Crippen LogP contribution in [0.15, 0.2) is 72.8 Å². The number of ether oxygens (including phenoxy) is 2. The molecule has 2 aliphatic heterocycles. The van der Waals surface area contributed by atoms with Crippen molar-refractivity contribution in [3.05, 3.63) is 95.1 Å². The van der Waals surface area contributed by atoms with Gasteiger partial charge in [-0.05, 0) is 59.3 Å². The third kappa shape index (κ3) is 7.84. The summed E-state index contributed by atoms with van der Waals surface area (Å²) in [7, 11) is 0. The molecule has 2 fully saturated rings. The summed E-state index contributed by atoms with van der Waals surface area (Å²) in [5.41, 5.74) is 5.57. The largest absolute Gasteiger partial charge is 0.395 e. The topological polar surface area (TPSA) is 91.3 Å². The van der Waals surface area contributed by atoms with Gasteiger partial charge in [-0.15, -0.1) is 0 Å². The molecule has 2 heterocycles. The molecule has 0 saturated carbocycles. The van der Waals surface area contributed by atoms with Crippen molar-refractivity contribution in [3.8, 4) is 11.1 Å². The van der Waals surface area contributed by atoms with E-state index in [0.29, 0.717) is 6.42 Å². The fourth-order valence-corrected chi connectivity index (χ4v) is 5.85. The van der Waals surface area contributed by atoms with Gasteiger partial charge in [-0.3, -0.25) is 9.69 Å². The first-order chi connectivity index (χ1) is 20.2. The summed E-state index contributed by atoms with van der Waals surface area (Å²) < 4.78 is 11.1. The molecule has 1 amide bonds. The molecule has 0 spiro atoms. The predicted molar refractivity (Wildman–Crippen MR) is 164 cm³/mol. The number of likely N-dealkylation sites (tertiary alicyclic amines) is 1. The maximum Gasteiger partial charge on any atom is 0.272 e. The molecule has 3 aromatic rings. The minimum absolute atomic E-state index is 0.00899. The number of nitrogens with one attached hydrogen (secondary N) is 1. The highest BCUT2D eigenvalue weighted by molar-refractivity contribution is 6.76. The molecular weight excluding hydrogens is 599 g/mol. The van der Waals surface area contributed by atoms with Gasteiger partial charge in [0.25, 0.3) is 9.70 Å². The summed E-state index contributed by atoms with van der Waals surface area (Å²) in [4.78, 5) is 14.3. The number of carbonyl (C=O) groups is 1. The first-order valence-electron chi connectivity index (χ1n) is 14.1. The Morgan fingerprint density at radius 3 is 2.38 bits per heavy atom. The van der Waals surface area contributed by atoms with E-state index in [2.05, 4.69) is 16.3 Å². The van der Waals surface area contributed by atoms with E-state index < -0.39 is 16.0 Å². The molecule has 0 aliphatic carbocycles. The first-order valence-corrected chi connectivity index (χ1v) is 15.3. The predicted octanol–water partition coefficient (Wildman–Crippen LogP) is 5.83. The second kappa shape index (κ2) is 14.1. The molecule has 2 aliphatic rings. The maximum atomic E-state index is 12.0. The number of benzene rings is 3. The molecule has 7 nitrogen and oxygen atoms in total. The van der Waals surface area contributed by atoms with E-state index in [-0.39, 0.29) is 38.0 Å². The average molecular weight is 634 g/mol. The van der Waals surface area contributed by atoms with Crippen LogP contribution in [0, 0.1) is 0 Å². The zero-order valence-corrected chi connectivity index (χ0v) is 25.4. The van der Waals surface area contributed by atoms with Crippen molar-refractivity contribution in [2.24, 2.45) is 0 Å². The number of rotatable bonds is 9. The van der Waals surface area contributed by atoms with Crippen molar-refractivity contribution < 1.29 is 24.5 Å². The van der Waals surface area contributed by atoms with Gasteiger partial charge in [0.2, 0.25) is 0 Å². The van der Waals surface area contributed by atoms with Gasteiger partial charge in [0.15, 0.2) is 6.29 Å². The molecule has 3 N–H and O–H groups in total. The highest BCUT2D eigenvalue weighted by Gasteiger charge is 2.35. The van der Waals surface area contributed by atoms with E-state index in [0.717, 1.165) is 59.3 Å². The molecule has 0 bridgehead atoms. The molecule has 224 valence electrons. The number of alkyl halides is 3. The third-order valence-corrected chi connectivity index (χ3v) is 8.41. The summed E-state index contributed by atoms with van der Waals surface area (Å²) in [6, 6.07) is 23.9. The lowest BCUT2D eigenvalue weighted by molar-refractivity contribution is -0.253. The number of aliphatic hydroxyl groups excluding tert-OH is 2. The number of hydrogen-bond acceptors (Lipinski definition) is 6. The summed E-state index contributed by atoms with van der Waals surface area (Å²) in [5, 5.41) is 22.0. The highest BCUT2D eigenvalue weighted by atomic mass is 35.6. The number of nitrogens with zero attached hydrogens (tertiary/aromatic N) is 1. The van der Waals surface area contributed by atoms with E-state index >= 15 is 0 Å². The average Bonchev–Trinajstić information content (AvgIpc) is 3.46. The van der Waals surface area contributed by atoms with Crippen LogP contribution in [0.4, 0.5) is 0 Å². The van der Waals surface area contributed by atoms with Gasteiger partial charge < -0.3 is 25.0 Å². The van der Waals surface area contributed by atoms with Crippen molar-refractivity contribution in [1.29, 1.82) is 0 Å². The monoisotopic (exact) mass is 632 g/mol. The smallest absolute Gasteiger partial charge is 0.272 e. The quantitative estimate of drug-likeness (QED) is 0.257. The van der Waals surface area contributed by atoms with Crippen molar-refractivity contribution >= 4 is 40.7 Å². The van der Waals surface area contributed by atoms with E-state index in [1.807, 2.05) is 66.7 Å². The zero-order chi connectivity index (χ0) is 29.7. The summed E-state index contributed by atoms with van der Waals surface area (Å²) in [6.45, 7) is 2.02. The van der Waals surface area contributed by atoms with E-state index in [1.54, 1.807) is 0 Å². The van der Waals surface area contributed by atoms with Crippen LogP contribution in [-0.4, -0.2) is 56.7 Å². The fraction of sp³-hybridized carbons (Fsp3) is 0.406. The highest BCUT2D eigenvalue weighted by Crippen LogP contribution is 2.39. The lowest BCUT2D eigenvalue weighted by Gasteiger charge is -2.38.